The lowest BCUT2D eigenvalue weighted by Gasteiger charge is -1.94. The molecule has 2 aromatic rings. The van der Waals surface area contributed by atoms with Crippen molar-refractivity contribution in [2.24, 2.45) is 0 Å². The molecule has 0 saturated carbocycles. The average Bonchev–Trinajstić information content (AvgIpc) is 2.73. The zero-order valence-electron chi connectivity index (χ0n) is 9.01. The highest BCUT2D eigenvalue weighted by molar-refractivity contribution is 5.70. The van der Waals surface area contributed by atoms with Gasteiger partial charge in [0.2, 0.25) is 12.2 Å². The summed E-state index contributed by atoms with van der Waals surface area (Å²) in [5, 5.41) is 2.99. The SMILES string of the molecule is COc1cc(C=O)[n+](Cc2ccccc2)[nH]1. The Kier molecular flexibility index (Phi) is 3.00. The van der Waals surface area contributed by atoms with Gasteiger partial charge in [0.1, 0.15) is 0 Å². The predicted octanol–water partition coefficient (Wildman–Crippen LogP) is 1.17. The van der Waals surface area contributed by atoms with Gasteiger partial charge in [-0.15, -0.1) is 5.10 Å². The van der Waals surface area contributed by atoms with Crippen molar-refractivity contribution in [2.45, 2.75) is 6.54 Å². The normalized spacial score (nSPS) is 10.1. The van der Waals surface area contributed by atoms with Gasteiger partial charge in [0, 0.05) is 5.56 Å². The third kappa shape index (κ3) is 2.11. The summed E-state index contributed by atoms with van der Waals surface area (Å²) in [6, 6.07) is 11.6. The Labute approximate surface area is 93.5 Å². The van der Waals surface area contributed by atoms with Crippen molar-refractivity contribution in [3.63, 3.8) is 0 Å². The number of methoxy groups -OCH3 is 1. The van der Waals surface area contributed by atoms with Gasteiger partial charge in [0.05, 0.1) is 13.2 Å². The number of nitrogens with one attached hydrogen (secondary N) is 1. The number of H-pyrrole nitrogens is 1. The van der Waals surface area contributed by atoms with Gasteiger partial charge < -0.3 is 4.74 Å². The summed E-state index contributed by atoms with van der Waals surface area (Å²) in [5.41, 5.74) is 1.70. The number of rotatable bonds is 4. The second-order valence-electron chi connectivity index (χ2n) is 3.44. The number of ether oxygens (including phenoxy) is 1. The van der Waals surface area contributed by atoms with E-state index < -0.39 is 0 Å². The number of hydrogen-bond donors (Lipinski definition) is 1. The molecule has 82 valence electrons. The lowest BCUT2D eigenvalue weighted by molar-refractivity contribution is -0.743. The molecule has 0 spiro atoms. The molecule has 0 aliphatic heterocycles. The van der Waals surface area contributed by atoms with Crippen LogP contribution in [0, 0.1) is 0 Å². The molecule has 0 saturated heterocycles. The molecule has 1 aromatic carbocycles. The van der Waals surface area contributed by atoms with E-state index in [1.807, 2.05) is 30.3 Å². The van der Waals surface area contributed by atoms with E-state index in [-0.39, 0.29) is 0 Å². The molecule has 0 unspecified atom stereocenters. The quantitative estimate of drug-likeness (QED) is 0.617. The zero-order valence-corrected chi connectivity index (χ0v) is 9.01. The summed E-state index contributed by atoms with van der Waals surface area (Å²) >= 11 is 0. The molecule has 2 rings (SSSR count). The molecule has 4 heteroatoms. The monoisotopic (exact) mass is 217 g/mol. The summed E-state index contributed by atoms with van der Waals surface area (Å²) in [4.78, 5) is 10.9. The lowest BCUT2D eigenvalue weighted by Crippen LogP contribution is -2.39. The van der Waals surface area contributed by atoms with E-state index in [1.165, 1.54) is 0 Å². The van der Waals surface area contributed by atoms with E-state index in [4.69, 9.17) is 4.74 Å². The highest BCUT2D eigenvalue weighted by Gasteiger charge is 2.15. The maximum Gasteiger partial charge on any atom is 0.274 e. The first-order chi connectivity index (χ1) is 7.83. The van der Waals surface area contributed by atoms with E-state index in [0.29, 0.717) is 18.1 Å². The molecule has 0 atom stereocenters. The minimum absolute atomic E-state index is 0.570. The molecule has 0 aliphatic carbocycles. The average molecular weight is 217 g/mol. The Morgan fingerprint density at radius 1 is 1.38 bits per heavy atom. The number of benzene rings is 1. The third-order valence-electron chi connectivity index (χ3n) is 2.36. The Bertz CT molecular complexity index is 477. The highest BCUT2D eigenvalue weighted by Crippen LogP contribution is 2.05. The molecule has 1 aromatic heterocycles. The molecule has 1 heterocycles. The van der Waals surface area contributed by atoms with Gasteiger partial charge >= 0.3 is 0 Å². The minimum atomic E-state index is 0.570. The fraction of sp³-hybridized carbons (Fsp3) is 0.167. The van der Waals surface area contributed by atoms with Crippen molar-refractivity contribution in [1.82, 2.24) is 5.10 Å². The van der Waals surface area contributed by atoms with E-state index >= 15 is 0 Å². The molecular formula is C12H13N2O2+. The minimum Gasteiger partial charge on any atom is -0.479 e. The Balaban J connectivity index is 2.27. The van der Waals surface area contributed by atoms with Crippen LogP contribution in [0.1, 0.15) is 16.1 Å². The molecule has 0 amide bonds. The van der Waals surface area contributed by atoms with Crippen LogP contribution in [0.3, 0.4) is 0 Å². The number of aromatic amines is 1. The molecule has 0 radical (unpaired) electrons. The Morgan fingerprint density at radius 2 is 2.12 bits per heavy atom. The second-order valence-corrected chi connectivity index (χ2v) is 3.44. The van der Waals surface area contributed by atoms with Crippen LogP contribution in [-0.4, -0.2) is 18.5 Å². The molecule has 4 nitrogen and oxygen atoms in total. The van der Waals surface area contributed by atoms with Crippen molar-refractivity contribution >= 4 is 6.29 Å². The van der Waals surface area contributed by atoms with E-state index in [0.717, 1.165) is 11.8 Å². The third-order valence-corrected chi connectivity index (χ3v) is 2.36. The van der Waals surface area contributed by atoms with Gasteiger partial charge in [0.25, 0.3) is 5.69 Å². The number of carbonyl (C=O) groups excluding carboxylic acids is 1. The van der Waals surface area contributed by atoms with Crippen LogP contribution in [0.4, 0.5) is 0 Å². The summed E-state index contributed by atoms with van der Waals surface area (Å²) in [7, 11) is 1.56. The maximum atomic E-state index is 10.9. The summed E-state index contributed by atoms with van der Waals surface area (Å²) in [6.07, 6.45) is 0.808. The fourth-order valence-corrected chi connectivity index (χ4v) is 1.54. The molecule has 1 N–H and O–H groups in total. The Hall–Kier alpha value is -2.10. The largest absolute Gasteiger partial charge is 0.479 e. The van der Waals surface area contributed by atoms with Crippen molar-refractivity contribution in [3.8, 4) is 5.88 Å². The van der Waals surface area contributed by atoms with Crippen molar-refractivity contribution < 1.29 is 14.2 Å². The van der Waals surface area contributed by atoms with Crippen LogP contribution >= 0.6 is 0 Å². The van der Waals surface area contributed by atoms with Crippen LogP contribution in [-0.2, 0) is 6.54 Å². The molecule has 0 fully saturated rings. The van der Waals surface area contributed by atoms with Gasteiger partial charge in [0.15, 0.2) is 6.54 Å². The zero-order chi connectivity index (χ0) is 11.4. The Morgan fingerprint density at radius 3 is 2.75 bits per heavy atom. The van der Waals surface area contributed by atoms with Gasteiger partial charge in [-0.2, -0.15) is 0 Å². The van der Waals surface area contributed by atoms with Crippen LogP contribution in [0.25, 0.3) is 0 Å². The topological polar surface area (TPSA) is 46.0 Å². The van der Waals surface area contributed by atoms with Crippen LogP contribution in [0.15, 0.2) is 36.4 Å². The number of aldehydes is 1. The maximum absolute atomic E-state index is 10.9. The van der Waals surface area contributed by atoms with Gasteiger partial charge in [-0.05, 0) is 0 Å². The first-order valence-corrected chi connectivity index (χ1v) is 4.99. The number of aromatic nitrogens is 2. The number of carbonyl (C=O) groups is 1. The number of nitrogens with zero attached hydrogens (tertiary/aromatic N) is 1. The standard InChI is InChI=1S/C12H12N2O2/c1-16-12-7-11(9-15)14(13-12)8-10-5-3-2-4-6-10/h2-7,9H,8H2,1H3/p+1. The van der Waals surface area contributed by atoms with Gasteiger partial charge in [-0.25, -0.2) is 0 Å². The van der Waals surface area contributed by atoms with E-state index in [1.54, 1.807) is 17.9 Å². The van der Waals surface area contributed by atoms with Crippen LogP contribution < -0.4 is 9.42 Å². The van der Waals surface area contributed by atoms with Gasteiger partial charge in [-0.3, -0.25) is 4.79 Å². The van der Waals surface area contributed by atoms with Crippen molar-refractivity contribution in [1.29, 1.82) is 0 Å². The van der Waals surface area contributed by atoms with Crippen LogP contribution in [0.5, 0.6) is 5.88 Å². The first kappa shape index (κ1) is 10.4. The smallest absolute Gasteiger partial charge is 0.274 e. The summed E-state index contributed by atoms with van der Waals surface area (Å²) in [5.74, 6) is 0.582. The predicted molar refractivity (Wildman–Crippen MR) is 58.5 cm³/mol. The van der Waals surface area contributed by atoms with E-state index in [2.05, 4.69) is 5.10 Å². The van der Waals surface area contributed by atoms with Crippen LogP contribution in [0.2, 0.25) is 0 Å². The van der Waals surface area contributed by atoms with Crippen molar-refractivity contribution in [3.05, 3.63) is 47.7 Å². The second kappa shape index (κ2) is 4.61. The summed E-state index contributed by atoms with van der Waals surface area (Å²) in [6.45, 7) is 0.623. The van der Waals surface area contributed by atoms with Crippen molar-refractivity contribution in [2.75, 3.05) is 7.11 Å². The fourth-order valence-electron chi connectivity index (χ4n) is 1.54. The lowest BCUT2D eigenvalue weighted by atomic mass is 10.2. The highest BCUT2D eigenvalue weighted by atomic mass is 16.5. The number of hydrogen-bond acceptors (Lipinski definition) is 2. The van der Waals surface area contributed by atoms with Gasteiger partial charge in [-0.1, -0.05) is 35.0 Å². The molecule has 0 bridgehead atoms. The van der Waals surface area contributed by atoms with E-state index in [9.17, 15) is 4.79 Å². The first-order valence-electron chi connectivity index (χ1n) is 4.99. The molecular weight excluding hydrogens is 204 g/mol. The molecule has 0 aliphatic rings. The summed E-state index contributed by atoms with van der Waals surface area (Å²) < 4.78 is 6.79. The molecule has 16 heavy (non-hydrogen) atoms.